The van der Waals surface area contributed by atoms with Gasteiger partial charge in [0.15, 0.2) is 21.5 Å². The number of aromatic nitrogens is 4. The van der Waals surface area contributed by atoms with E-state index in [0.29, 0.717) is 16.6 Å². The average Bonchev–Trinajstić information content (AvgIpc) is 3.13. The monoisotopic (exact) mass is 455 g/mol. The number of rotatable bonds is 8. The van der Waals surface area contributed by atoms with Gasteiger partial charge in [-0.3, -0.25) is 4.90 Å². The van der Waals surface area contributed by atoms with Crippen molar-refractivity contribution in [2.75, 3.05) is 32.7 Å². The minimum atomic E-state index is -3.53. The molecule has 1 unspecified atom stereocenters. The SMILES string of the molecule is CCN1CCN(C(CC(C)C)c2nnnn2CS(=O)(=O)c2ccc(C)cc2)CC1.[Cl-]. The lowest BCUT2D eigenvalue weighted by Gasteiger charge is -2.38. The Balaban J connectivity index is 0.00000320. The van der Waals surface area contributed by atoms with Crippen molar-refractivity contribution < 1.29 is 20.8 Å². The maximum Gasteiger partial charge on any atom is 0.198 e. The Morgan fingerprint density at radius 1 is 1.07 bits per heavy atom. The molecule has 30 heavy (non-hydrogen) atoms. The summed E-state index contributed by atoms with van der Waals surface area (Å²) < 4.78 is 27.3. The van der Waals surface area contributed by atoms with Gasteiger partial charge in [0.2, 0.25) is 0 Å². The molecule has 168 valence electrons. The number of hydrogen-bond donors (Lipinski definition) is 0. The standard InChI is InChI=1S/C20H32N6O2S.ClH/c1-5-24-10-12-25(13-11-24)19(14-16(2)3)20-21-22-23-26(20)15-29(27,28)18-8-6-17(4)7-9-18;/h6-9,16,19H,5,10-15H2,1-4H3;1H/p-1. The van der Waals surface area contributed by atoms with Gasteiger partial charge in [0.25, 0.3) is 0 Å². The lowest BCUT2D eigenvalue weighted by atomic mass is 10.0. The van der Waals surface area contributed by atoms with Gasteiger partial charge in [-0.1, -0.05) is 38.5 Å². The molecule has 1 aromatic heterocycles. The van der Waals surface area contributed by atoms with E-state index < -0.39 is 9.84 Å². The molecule has 1 saturated heterocycles. The van der Waals surface area contributed by atoms with Crippen LogP contribution in [0.1, 0.15) is 44.6 Å². The first-order valence-corrected chi connectivity index (χ1v) is 12.0. The van der Waals surface area contributed by atoms with E-state index in [9.17, 15) is 8.42 Å². The molecular weight excluding hydrogens is 424 g/mol. The predicted molar refractivity (Wildman–Crippen MR) is 112 cm³/mol. The summed E-state index contributed by atoms with van der Waals surface area (Å²) in [5.41, 5.74) is 1.02. The smallest absolute Gasteiger partial charge is 0.198 e. The lowest BCUT2D eigenvalue weighted by molar-refractivity contribution is -0.00000906. The van der Waals surface area contributed by atoms with Gasteiger partial charge in [0, 0.05) is 26.2 Å². The van der Waals surface area contributed by atoms with Crippen LogP contribution < -0.4 is 12.4 Å². The number of halogens is 1. The van der Waals surface area contributed by atoms with Crippen molar-refractivity contribution in [3.05, 3.63) is 35.7 Å². The van der Waals surface area contributed by atoms with Gasteiger partial charge >= 0.3 is 0 Å². The third kappa shape index (κ3) is 6.00. The van der Waals surface area contributed by atoms with E-state index in [1.54, 1.807) is 12.1 Å². The van der Waals surface area contributed by atoms with E-state index in [2.05, 4.69) is 46.1 Å². The summed E-state index contributed by atoms with van der Waals surface area (Å²) in [5, 5.41) is 12.1. The normalized spacial score (nSPS) is 17.1. The summed E-state index contributed by atoms with van der Waals surface area (Å²) in [5.74, 6) is 0.837. The third-order valence-electron chi connectivity index (χ3n) is 5.52. The summed E-state index contributed by atoms with van der Waals surface area (Å²) in [6.45, 7) is 13.4. The fraction of sp³-hybridized carbons (Fsp3) is 0.650. The number of piperazine rings is 1. The van der Waals surface area contributed by atoms with Gasteiger partial charge in [-0.2, -0.15) is 0 Å². The van der Waals surface area contributed by atoms with Crippen LogP contribution >= 0.6 is 0 Å². The van der Waals surface area contributed by atoms with Gasteiger partial charge in [-0.15, -0.1) is 5.10 Å². The van der Waals surface area contributed by atoms with Crippen molar-refractivity contribution in [1.82, 2.24) is 30.0 Å². The highest BCUT2D eigenvalue weighted by Gasteiger charge is 2.30. The molecule has 0 radical (unpaired) electrons. The minimum Gasteiger partial charge on any atom is -1.00 e. The van der Waals surface area contributed by atoms with Crippen LogP contribution in [-0.4, -0.2) is 71.1 Å². The van der Waals surface area contributed by atoms with E-state index >= 15 is 0 Å². The van der Waals surface area contributed by atoms with Gasteiger partial charge in [0.1, 0.15) is 0 Å². The molecule has 1 fully saturated rings. The van der Waals surface area contributed by atoms with Crippen LogP contribution in [0.3, 0.4) is 0 Å². The molecule has 0 spiro atoms. The Morgan fingerprint density at radius 2 is 1.70 bits per heavy atom. The summed E-state index contributed by atoms with van der Waals surface area (Å²) >= 11 is 0. The van der Waals surface area contributed by atoms with Crippen molar-refractivity contribution in [3.8, 4) is 0 Å². The van der Waals surface area contributed by atoms with Gasteiger partial charge in [-0.05, 0) is 48.4 Å². The van der Waals surface area contributed by atoms with Crippen molar-refractivity contribution >= 4 is 9.84 Å². The lowest BCUT2D eigenvalue weighted by Crippen LogP contribution is -3.00. The van der Waals surface area contributed by atoms with E-state index in [1.807, 2.05) is 19.1 Å². The number of benzene rings is 1. The Hall–Kier alpha value is -1.55. The summed E-state index contributed by atoms with van der Waals surface area (Å²) in [7, 11) is -3.53. The van der Waals surface area contributed by atoms with Crippen molar-refractivity contribution in [1.29, 1.82) is 0 Å². The van der Waals surface area contributed by atoms with E-state index in [1.165, 1.54) is 4.68 Å². The van der Waals surface area contributed by atoms with Crippen LogP contribution in [0.2, 0.25) is 0 Å². The van der Waals surface area contributed by atoms with Crippen LogP contribution in [0.25, 0.3) is 0 Å². The number of likely N-dealkylation sites (N-methyl/N-ethyl adjacent to an activating group) is 1. The van der Waals surface area contributed by atoms with E-state index in [-0.39, 0.29) is 24.3 Å². The average molecular weight is 456 g/mol. The Kier molecular flexibility index (Phi) is 8.78. The molecule has 0 amide bonds. The second-order valence-electron chi connectivity index (χ2n) is 8.21. The Morgan fingerprint density at radius 3 is 2.27 bits per heavy atom. The molecule has 0 bridgehead atoms. The first-order chi connectivity index (χ1) is 13.8. The first kappa shape index (κ1) is 24.7. The minimum absolute atomic E-state index is 0. The second-order valence-corrected chi connectivity index (χ2v) is 10.2. The van der Waals surface area contributed by atoms with Crippen LogP contribution in [0.15, 0.2) is 29.2 Å². The molecule has 10 heteroatoms. The van der Waals surface area contributed by atoms with Crippen LogP contribution in [-0.2, 0) is 15.7 Å². The molecule has 2 aromatic rings. The molecule has 1 aliphatic heterocycles. The molecular formula is C20H32ClN6O2S-. The fourth-order valence-electron chi connectivity index (χ4n) is 3.78. The zero-order chi connectivity index (χ0) is 21.0. The maximum absolute atomic E-state index is 12.9. The molecule has 0 aliphatic carbocycles. The Bertz CT molecular complexity index is 892. The molecule has 3 rings (SSSR count). The van der Waals surface area contributed by atoms with E-state index in [4.69, 9.17) is 0 Å². The highest BCUT2D eigenvalue weighted by Crippen LogP contribution is 2.28. The summed E-state index contributed by atoms with van der Waals surface area (Å²) in [4.78, 5) is 5.11. The number of tetrazole rings is 1. The molecule has 1 aromatic carbocycles. The number of aryl methyl sites for hydroxylation is 1. The fourth-order valence-corrected chi connectivity index (χ4v) is 4.98. The zero-order valence-corrected chi connectivity index (χ0v) is 19.8. The second kappa shape index (κ2) is 10.7. The van der Waals surface area contributed by atoms with Crippen LogP contribution in [0.4, 0.5) is 0 Å². The third-order valence-corrected chi connectivity index (χ3v) is 7.09. The predicted octanol–water partition coefficient (Wildman–Crippen LogP) is -0.858. The van der Waals surface area contributed by atoms with Gasteiger partial charge in [0.05, 0.1) is 10.9 Å². The van der Waals surface area contributed by atoms with E-state index in [0.717, 1.165) is 44.7 Å². The molecule has 1 aliphatic rings. The zero-order valence-electron chi connectivity index (χ0n) is 18.2. The van der Waals surface area contributed by atoms with Crippen molar-refractivity contribution in [3.63, 3.8) is 0 Å². The Labute approximate surface area is 186 Å². The van der Waals surface area contributed by atoms with Crippen molar-refractivity contribution in [2.45, 2.75) is 50.9 Å². The number of sulfone groups is 1. The summed E-state index contributed by atoms with van der Waals surface area (Å²) in [6, 6.07) is 6.91. The van der Waals surface area contributed by atoms with Crippen molar-refractivity contribution in [2.24, 2.45) is 5.92 Å². The molecule has 2 heterocycles. The maximum atomic E-state index is 12.9. The highest BCUT2D eigenvalue weighted by molar-refractivity contribution is 7.90. The largest absolute Gasteiger partial charge is 1.00 e. The topological polar surface area (TPSA) is 84.2 Å². The van der Waals surface area contributed by atoms with Crippen LogP contribution in [0, 0.1) is 12.8 Å². The molecule has 1 atom stereocenters. The number of hydrogen-bond acceptors (Lipinski definition) is 7. The highest BCUT2D eigenvalue weighted by atomic mass is 35.5. The van der Waals surface area contributed by atoms with Gasteiger partial charge < -0.3 is 17.3 Å². The summed E-state index contributed by atoms with van der Waals surface area (Å²) in [6.07, 6.45) is 0.886. The number of nitrogens with zero attached hydrogens (tertiary/aromatic N) is 6. The molecule has 0 N–H and O–H groups in total. The quantitative estimate of drug-likeness (QED) is 0.512. The molecule has 8 nitrogen and oxygen atoms in total. The van der Waals surface area contributed by atoms with Gasteiger partial charge in [-0.25, -0.2) is 13.1 Å². The first-order valence-electron chi connectivity index (χ1n) is 10.3. The van der Waals surface area contributed by atoms with Crippen LogP contribution in [0.5, 0.6) is 0 Å². The molecule has 0 saturated carbocycles.